The molecule has 0 aromatic heterocycles. The second-order valence-corrected chi connectivity index (χ2v) is 3.74. The number of aryl methyl sites for hydroxylation is 1. The number of halogens is 1. The summed E-state index contributed by atoms with van der Waals surface area (Å²) in [7, 11) is 0. The maximum absolute atomic E-state index is 12.7. The van der Waals surface area contributed by atoms with Gasteiger partial charge in [0.1, 0.15) is 11.6 Å². The molecule has 3 heteroatoms. The highest BCUT2D eigenvalue weighted by molar-refractivity contribution is 7.98. The van der Waals surface area contributed by atoms with Crippen molar-refractivity contribution in [2.75, 3.05) is 18.6 Å². The SMILES string of the molecule is CSCCOc1ccc(F)cc1C. The van der Waals surface area contributed by atoms with Crippen molar-refractivity contribution in [1.29, 1.82) is 0 Å². The van der Waals surface area contributed by atoms with Crippen LogP contribution in [0.25, 0.3) is 0 Å². The standard InChI is InChI=1S/C10H13FOS/c1-8-7-9(11)3-4-10(8)12-5-6-13-2/h3-4,7H,5-6H2,1-2H3. The summed E-state index contributed by atoms with van der Waals surface area (Å²) < 4.78 is 18.1. The molecule has 0 saturated heterocycles. The minimum Gasteiger partial charge on any atom is -0.492 e. The molecule has 0 saturated carbocycles. The summed E-state index contributed by atoms with van der Waals surface area (Å²) in [5.41, 5.74) is 0.848. The van der Waals surface area contributed by atoms with E-state index in [-0.39, 0.29) is 5.82 Å². The molecule has 0 heterocycles. The van der Waals surface area contributed by atoms with E-state index in [0.29, 0.717) is 6.61 Å². The van der Waals surface area contributed by atoms with Crippen LogP contribution in [-0.4, -0.2) is 18.6 Å². The van der Waals surface area contributed by atoms with Gasteiger partial charge in [0.05, 0.1) is 6.61 Å². The molecule has 0 aliphatic rings. The number of hydrogen-bond acceptors (Lipinski definition) is 2. The lowest BCUT2D eigenvalue weighted by Crippen LogP contribution is -2.01. The van der Waals surface area contributed by atoms with E-state index >= 15 is 0 Å². The maximum atomic E-state index is 12.7. The van der Waals surface area contributed by atoms with Crippen molar-refractivity contribution in [1.82, 2.24) is 0 Å². The molecular weight excluding hydrogens is 187 g/mol. The molecule has 0 radical (unpaired) electrons. The highest BCUT2D eigenvalue weighted by Crippen LogP contribution is 2.18. The first-order valence-corrected chi connectivity index (χ1v) is 5.51. The van der Waals surface area contributed by atoms with Gasteiger partial charge in [0.25, 0.3) is 0 Å². The molecule has 0 unspecified atom stereocenters. The summed E-state index contributed by atoms with van der Waals surface area (Å²) in [5.74, 6) is 1.52. The zero-order chi connectivity index (χ0) is 9.68. The van der Waals surface area contributed by atoms with Gasteiger partial charge in [-0.3, -0.25) is 0 Å². The van der Waals surface area contributed by atoms with E-state index in [9.17, 15) is 4.39 Å². The Hall–Kier alpha value is -0.700. The Balaban J connectivity index is 2.56. The van der Waals surface area contributed by atoms with Crippen molar-refractivity contribution in [3.05, 3.63) is 29.6 Å². The Bertz CT molecular complexity index is 276. The lowest BCUT2D eigenvalue weighted by Gasteiger charge is -2.07. The van der Waals surface area contributed by atoms with Gasteiger partial charge in [-0.25, -0.2) is 4.39 Å². The molecule has 0 atom stereocenters. The molecule has 0 aliphatic heterocycles. The van der Waals surface area contributed by atoms with Crippen molar-refractivity contribution >= 4 is 11.8 Å². The lowest BCUT2D eigenvalue weighted by atomic mass is 10.2. The van der Waals surface area contributed by atoms with E-state index in [2.05, 4.69) is 0 Å². The highest BCUT2D eigenvalue weighted by atomic mass is 32.2. The average molecular weight is 200 g/mol. The third-order valence-corrected chi connectivity index (χ3v) is 2.26. The number of rotatable bonds is 4. The molecule has 0 N–H and O–H groups in total. The molecule has 1 aromatic carbocycles. The van der Waals surface area contributed by atoms with Crippen LogP contribution in [0.5, 0.6) is 5.75 Å². The first-order valence-electron chi connectivity index (χ1n) is 4.12. The van der Waals surface area contributed by atoms with E-state index in [1.54, 1.807) is 17.8 Å². The second-order valence-electron chi connectivity index (χ2n) is 2.75. The molecule has 0 aliphatic carbocycles. The Kier molecular flexibility index (Phi) is 4.09. The fourth-order valence-corrected chi connectivity index (χ4v) is 1.26. The fraction of sp³-hybridized carbons (Fsp3) is 0.400. The number of ether oxygens (including phenoxy) is 1. The first-order chi connectivity index (χ1) is 6.24. The van der Waals surface area contributed by atoms with Crippen LogP contribution < -0.4 is 4.74 Å². The summed E-state index contributed by atoms with van der Waals surface area (Å²) in [5, 5.41) is 0. The molecule has 0 bridgehead atoms. The molecule has 0 fully saturated rings. The van der Waals surface area contributed by atoms with Gasteiger partial charge in [-0.15, -0.1) is 0 Å². The molecule has 72 valence electrons. The van der Waals surface area contributed by atoms with Gasteiger partial charge in [-0.05, 0) is 36.9 Å². The van der Waals surface area contributed by atoms with E-state index in [1.165, 1.54) is 12.1 Å². The zero-order valence-electron chi connectivity index (χ0n) is 7.84. The number of thioether (sulfide) groups is 1. The Morgan fingerprint density at radius 3 is 2.85 bits per heavy atom. The molecular formula is C10H13FOS. The van der Waals surface area contributed by atoms with Crippen LogP contribution >= 0.6 is 11.8 Å². The summed E-state index contributed by atoms with van der Waals surface area (Å²) in [6, 6.07) is 4.57. The van der Waals surface area contributed by atoms with Crippen molar-refractivity contribution < 1.29 is 9.13 Å². The highest BCUT2D eigenvalue weighted by Gasteiger charge is 1.99. The third-order valence-electron chi connectivity index (χ3n) is 1.68. The monoisotopic (exact) mass is 200 g/mol. The van der Waals surface area contributed by atoms with Crippen molar-refractivity contribution in [3.8, 4) is 5.75 Å². The summed E-state index contributed by atoms with van der Waals surface area (Å²) in [6.45, 7) is 2.52. The largest absolute Gasteiger partial charge is 0.492 e. The minimum atomic E-state index is -0.213. The molecule has 1 nitrogen and oxygen atoms in total. The fourth-order valence-electron chi connectivity index (χ4n) is 1.01. The summed E-state index contributed by atoms with van der Waals surface area (Å²) in [6.07, 6.45) is 2.03. The van der Waals surface area contributed by atoms with Gasteiger partial charge < -0.3 is 4.74 Å². The first kappa shape index (κ1) is 10.4. The van der Waals surface area contributed by atoms with Crippen molar-refractivity contribution in [3.63, 3.8) is 0 Å². The van der Waals surface area contributed by atoms with Gasteiger partial charge in [-0.1, -0.05) is 0 Å². The number of benzene rings is 1. The van der Waals surface area contributed by atoms with E-state index in [0.717, 1.165) is 17.1 Å². The average Bonchev–Trinajstić information content (AvgIpc) is 2.09. The van der Waals surface area contributed by atoms with Gasteiger partial charge in [0.2, 0.25) is 0 Å². The quantitative estimate of drug-likeness (QED) is 0.691. The normalized spacial score (nSPS) is 10.1. The summed E-state index contributed by atoms with van der Waals surface area (Å²) in [4.78, 5) is 0. The van der Waals surface area contributed by atoms with Gasteiger partial charge in [0.15, 0.2) is 0 Å². The Morgan fingerprint density at radius 1 is 1.46 bits per heavy atom. The van der Waals surface area contributed by atoms with Crippen LogP contribution in [-0.2, 0) is 0 Å². The third kappa shape index (κ3) is 3.27. The lowest BCUT2D eigenvalue weighted by molar-refractivity contribution is 0.341. The number of hydrogen-bond donors (Lipinski definition) is 0. The molecule has 0 amide bonds. The van der Waals surface area contributed by atoms with Crippen LogP contribution in [0.2, 0.25) is 0 Å². The molecule has 0 spiro atoms. The van der Waals surface area contributed by atoms with Crippen molar-refractivity contribution in [2.24, 2.45) is 0 Å². The van der Waals surface area contributed by atoms with Crippen LogP contribution in [0.1, 0.15) is 5.56 Å². The van der Waals surface area contributed by atoms with Gasteiger partial charge in [0, 0.05) is 5.75 Å². The molecule has 1 rings (SSSR count). The zero-order valence-corrected chi connectivity index (χ0v) is 8.66. The Labute approximate surface area is 82.3 Å². The van der Waals surface area contributed by atoms with Crippen molar-refractivity contribution in [2.45, 2.75) is 6.92 Å². The van der Waals surface area contributed by atoms with Crippen LogP contribution in [0.15, 0.2) is 18.2 Å². The smallest absolute Gasteiger partial charge is 0.123 e. The summed E-state index contributed by atoms with van der Waals surface area (Å²) >= 11 is 1.73. The second kappa shape index (κ2) is 5.12. The van der Waals surface area contributed by atoms with Gasteiger partial charge in [-0.2, -0.15) is 11.8 Å². The molecule has 1 aromatic rings. The maximum Gasteiger partial charge on any atom is 0.123 e. The van der Waals surface area contributed by atoms with E-state index in [1.807, 2.05) is 13.2 Å². The van der Waals surface area contributed by atoms with Gasteiger partial charge >= 0.3 is 0 Å². The topological polar surface area (TPSA) is 9.23 Å². The Morgan fingerprint density at radius 2 is 2.23 bits per heavy atom. The predicted octanol–water partition coefficient (Wildman–Crippen LogP) is 2.88. The van der Waals surface area contributed by atoms with Crippen LogP contribution in [0.4, 0.5) is 4.39 Å². The van der Waals surface area contributed by atoms with E-state index < -0.39 is 0 Å². The van der Waals surface area contributed by atoms with Crippen LogP contribution in [0.3, 0.4) is 0 Å². The van der Waals surface area contributed by atoms with Crippen LogP contribution in [0, 0.1) is 12.7 Å². The molecule has 13 heavy (non-hydrogen) atoms. The predicted molar refractivity (Wildman–Crippen MR) is 55.0 cm³/mol. The minimum absolute atomic E-state index is 0.213. The van der Waals surface area contributed by atoms with E-state index in [4.69, 9.17) is 4.74 Å².